The fourth-order valence-corrected chi connectivity index (χ4v) is 1.91. The van der Waals surface area contributed by atoms with Gasteiger partial charge in [-0.2, -0.15) is 0 Å². The number of carbonyl (C=O) groups excluding carboxylic acids is 2. The molecule has 1 heterocycles. The normalized spacial score (nSPS) is 11.1. The number of anilines is 1. The van der Waals surface area contributed by atoms with Crippen molar-refractivity contribution in [3.05, 3.63) is 47.2 Å². The lowest BCUT2D eigenvalue weighted by molar-refractivity contribution is -0.138. The molecule has 0 aliphatic carbocycles. The molecule has 2 rings (SSSR count). The van der Waals surface area contributed by atoms with Gasteiger partial charge in [0.2, 0.25) is 11.8 Å². The molecule has 0 saturated carbocycles. The predicted octanol–water partition coefficient (Wildman–Crippen LogP) is 2.57. The number of benzene rings is 1. The van der Waals surface area contributed by atoms with Crippen molar-refractivity contribution in [2.75, 3.05) is 5.32 Å². The number of aromatic nitrogens is 1. The Kier molecular flexibility index (Phi) is 4.83. The van der Waals surface area contributed by atoms with Gasteiger partial charge in [-0.15, -0.1) is 0 Å². The number of amides is 2. The molecule has 0 unspecified atom stereocenters. The van der Waals surface area contributed by atoms with Crippen molar-refractivity contribution in [1.82, 2.24) is 10.5 Å². The molecule has 23 heavy (non-hydrogen) atoms. The maximum Gasteiger partial charge on any atom is 0.240 e. The van der Waals surface area contributed by atoms with E-state index in [1.807, 2.05) is 31.2 Å². The zero-order valence-corrected chi connectivity index (χ0v) is 13.8. The average molecular weight is 315 g/mol. The van der Waals surface area contributed by atoms with Crippen molar-refractivity contribution in [3.63, 3.8) is 0 Å². The van der Waals surface area contributed by atoms with E-state index in [9.17, 15) is 9.59 Å². The number of carbonyl (C=O) groups is 2. The largest absolute Gasteiger partial charge is 0.360 e. The molecular formula is C17H21N3O3. The first kappa shape index (κ1) is 16.7. The van der Waals surface area contributed by atoms with Gasteiger partial charge in [-0.3, -0.25) is 9.59 Å². The Morgan fingerprint density at radius 3 is 2.35 bits per heavy atom. The Labute approximate surface area is 135 Å². The van der Waals surface area contributed by atoms with Gasteiger partial charge in [-0.25, -0.2) is 0 Å². The monoisotopic (exact) mass is 315 g/mol. The quantitative estimate of drug-likeness (QED) is 0.831. The highest BCUT2D eigenvalue weighted by Crippen LogP contribution is 2.19. The van der Waals surface area contributed by atoms with Crippen LogP contribution in [0, 0.1) is 19.3 Å². The van der Waals surface area contributed by atoms with E-state index < -0.39 is 11.3 Å². The Morgan fingerprint density at radius 1 is 1.13 bits per heavy atom. The molecule has 2 aromatic rings. The van der Waals surface area contributed by atoms with Crippen molar-refractivity contribution in [2.24, 2.45) is 5.41 Å². The van der Waals surface area contributed by atoms with Crippen LogP contribution in [0.5, 0.6) is 0 Å². The smallest absolute Gasteiger partial charge is 0.240 e. The van der Waals surface area contributed by atoms with Gasteiger partial charge >= 0.3 is 0 Å². The number of nitrogens with zero attached hydrogens (tertiary/aromatic N) is 1. The molecule has 0 atom stereocenters. The van der Waals surface area contributed by atoms with Crippen LogP contribution in [0.25, 0.3) is 0 Å². The van der Waals surface area contributed by atoms with E-state index in [0.29, 0.717) is 18.1 Å². The number of rotatable bonds is 5. The van der Waals surface area contributed by atoms with Crippen LogP contribution >= 0.6 is 0 Å². The van der Waals surface area contributed by atoms with E-state index >= 15 is 0 Å². The Balaban J connectivity index is 1.95. The molecule has 0 radical (unpaired) electrons. The lowest BCUT2D eigenvalue weighted by Gasteiger charge is -2.22. The van der Waals surface area contributed by atoms with E-state index in [1.54, 1.807) is 26.8 Å². The SMILES string of the molecule is Cc1ccc(CNC(=O)C(C)(C)C(=O)Nc2cc(C)on2)cc1. The Bertz CT molecular complexity index is 702. The summed E-state index contributed by atoms with van der Waals surface area (Å²) in [6, 6.07) is 9.44. The third-order valence-electron chi connectivity index (χ3n) is 3.58. The summed E-state index contributed by atoms with van der Waals surface area (Å²) in [5, 5.41) is 9.06. The summed E-state index contributed by atoms with van der Waals surface area (Å²) in [4.78, 5) is 24.6. The van der Waals surface area contributed by atoms with Crippen LogP contribution in [0.15, 0.2) is 34.9 Å². The van der Waals surface area contributed by atoms with Gasteiger partial charge in [0.15, 0.2) is 5.82 Å². The van der Waals surface area contributed by atoms with Gasteiger partial charge in [0, 0.05) is 12.6 Å². The van der Waals surface area contributed by atoms with Crippen LogP contribution in [-0.2, 0) is 16.1 Å². The third kappa shape index (κ3) is 4.18. The second kappa shape index (κ2) is 6.64. The third-order valence-corrected chi connectivity index (χ3v) is 3.58. The highest BCUT2D eigenvalue weighted by molar-refractivity contribution is 6.09. The molecule has 6 nitrogen and oxygen atoms in total. The van der Waals surface area contributed by atoms with Crippen LogP contribution in [-0.4, -0.2) is 17.0 Å². The molecule has 0 spiro atoms. The van der Waals surface area contributed by atoms with Gasteiger partial charge < -0.3 is 15.2 Å². The summed E-state index contributed by atoms with van der Waals surface area (Å²) >= 11 is 0. The number of hydrogen-bond acceptors (Lipinski definition) is 4. The van der Waals surface area contributed by atoms with Gasteiger partial charge in [0.1, 0.15) is 11.2 Å². The van der Waals surface area contributed by atoms with Gasteiger partial charge in [0.25, 0.3) is 0 Å². The van der Waals surface area contributed by atoms with Crippen LogP contribution < -0.4 is 10.6 Å². The van der Waals surface area contributed by atoms with Gasteiger partial charge in [-0.1, -0.05) is 35.0 Å². The molecule has 0 aliphatic heterocycles. The summed E-state index contributed by atoms with van der Waals surface area (Å²) in [7, 11) is 0. The minimum absolute atomic E-state index is 0.298. The number of nitrogens with one attached hydrogen (secondary N) is 2. The molecule has 0 saturated heterocycles. The first-order valence-electron chi connectivity index (χ1n) is 7.37. The predicted molar refractivity (Wildman–Crippen MR) is 86.7 cm³/mol. The first-order chi connectivity index (χ1) is 10.8. The molecule has 2 amide bonds. The fourth-order valence-electron chi connectivity index (χ4n) is 1.91. The van der Waals surface area contributed by atoms with E-state index in [2.05, 4.69) is 15.8 Å². The van der Waals surface area contributed by atoms with E-state index in [1.165, 1.54) is 0 Å². The molecule has 2 N–H and O–H groups in total. The molecule has 1 aromatic heterocycles. The molecule has 1 aromatic carbocycles. The first-order valence-corrected chi connectivity index (χ1v) is 7.37. The fraction of sp³-hybridized carbons (Fsp3) is 0.353. The molecular weight excluding hydrogens is 294 g/mol. The minimum atomic E-state index is -1.22. The summed E-state index contributed by atoms with van der Waals surface area (Å²) in [5.74, 6) is 0.0943. The molecule has 0 aliphatic rings. The Morgan fingerprint density at radius 2 is 1.78 bits per heavy atom. The molecule has 6 heteroatoms. The van der Waals surface area contributed by atoms with Crippen molar-refractivity contribution >= 4 is 17.6 Å². The van der Waals surface area contributed by atoms with E-state index in [0.717, 1.165) is 11.1 Å². The molecule has 122 valence electrons. The summed E-state index contributed by atoms with van der Waals surface area (Å²) < 4.78 is 4.89. The van der Waals surface area contributed by atoms with Crippen molar-refractivity contribution in [3.8, 4) is 0 Å². The van der Waals surface area contributed by atoms with Crippen LogP contribution in [0.2, 0.25) is 0 Å². The number of hydrogen-bond donors (Lipinski definition) is 2. The topological polar surface area (TPSA) is 84.2 Å². The maximum absolute atomic E-state index is 12.3. The summed E-state index contributed by atoms with van der Waals surface area (Å²) in [5.41, 5.74) is 0.910. The van der Waals surface area contributed by atoms with Crippen LogP contribution in [0.4, 0.5) is 5.82 Å². The van der Waals surface area contributed by atoms with Crippen LogP contribution in [0.3, 0.4) is 0 Å². The summed E-state index contributed by atoms with van der Waals surface area (Å²) in [6.45, 7) is 7.24. The van der Waals surface area contributed by atoms with E-state index in [4.69, 9.17) is 4.52 Å². The lowest BCUT2D eigenvalue weighted by atomic mass is 9.91. The van der Waals surface area contributed by atoms with Gasteiger partial charge in [-0.05, 0) is 33.3 Å². The standard InChI is InChI=1S/C17H21N3O3/c1-11-5-7-13(8-6-11)10-18-15(21)17(3,4)16(22)19-14-9-12(2)23-20-14/h5-9H,10H2,1-4H3,(H,18,21)(H,19,20,22). The summed E-state index contributed by atoms with van der Waals surface area (Å²) in [6.07, 6.45) is 0. The number of aryl methyl sites for hydroxylation is 2. The zero-order valence-electron chi connectivity index (χ0n) is 13.8. The molecule has 0 fully saturated rings. The van der Waals surface area contributed by atoms with E-state index in [-0.39, 0.29) is 5.91 Å². The Hall–Kier alpha value is -2.63. The highest BCUT2D eigenvalue weighted by Gasteiger charge is 2.36. The minimum Gasteiger partial charge on any atom is -0.360 e. The second-order valence-corrected chi connectivity index (χ2v) is 6.07. The van der Waals surface area contributed by atoms with Crippen molar-refractivity contribution < 1.29 is 14.1 Å². The average Bonchev–Trinajstić information content (AvgIpc) is 2.91. The zero-order chi connectivity index (χ0) is 17.0. The lowest BCUT2D eigenvalue weighted by Crippen LogP contribution is -2.44. The highest BCUT2D eigenvalue weighted by atomic mass is 16.5. The van der Waals surface area contributed by atoms with Crippen LogP contribution in [0.1, 0.15) is 30.7 Å². The van der Waals surface area contributed by atoms with Crippen molar-refractivity contribution in [1.29, 1.82) is 0 Å². The van der Waals surface area contributed by atoms with Crippen molar-refractivity contribution in [2.45, 2.75) is 34.2 Å². The maximum atomic E-state index is 12.3. The molecule has 0 bridgehead atoms. The second-order valence-electron chi connectivity index (χ2n) is 6.07. The van der Waals surface area contributed by atoms with Gasteiger partial charge in [0.05, 0.1) is 0 Å².